The molecule has 8 heteroatoms. The first-order chi connectivity index (χ1) is 12.0. The molecule has 0 fully saturated rings. The lowest BCUT2D eigenvalue weighted by Crippen LogP contribution is -2.22. The van der Waals surface area contributed by atoms with Crippen LogP contribution in [0, 0.1) is 10.1 Å². The van der Waals surface area contributed by atoms with Crippen molar-refractivity contribution in [2.45, 2.75) is 6.92 Å². The fraction of sp³-hybridized carbons (Fsp3) is 0.176. The largest absolute Gasteiger partial charge is 0.497 e. The van der Waals surface area contributed by atoms with E-state index in [1.54, 1.807) is 25.1 Å². The number of methoxy groups -OCH3 is 1. The Balaban J connectivity index is 2.29. The van der Waals surface area contributed by atoms with Gasteiger partial charge in [-0.15, -0.1) is 0 Å². The van der Waals surface area contributed by atoms with E-state index in [-0.39, 0.29) is 17.2 Å². The lowest BCUT2D eigenvalue weighted by Gasteiger charge is -2.09. The van der Waals surface area contributed by atoms with Crippen molar-refractivity contribution < 1.29 is 19.2 Å². The minimum atomic E-state index is -0.668. The zero-order chi connectivity index (χ0) is 18.4. The van der Waals surface area contributed by atoms with Gasteiger partial charge in [-0.3, -0.25) is 19.7 Å². The highest BCUT2D eigenvalue weighted by atomic mass is 16.6. The molecular weight excluding hydrogens is 326 g/mol. The van der Waals surface area contributed by atoms with Gasteiger partial charge in [0.25, 0.3) is 17.5 Å². The van der Waals surface area contributed by atoms with E-state index in [4.69, 9.17) is 4.74 Å². The Hall–Kier alpha value is -3.42. The minimum absolute atomic E-state index is 0.132. The lowest BCUT2D eigenvalue weighted by atomic mass is 10.1. The molecule has 0 heterocycles. The van der Waals surface area contributed by atoms with Crippen molar-refractivity contribution in [1.29, 1.82) is 0 Å². The van der Waals surface area contributed by atoms with Crippen molar-refractivity contribution in [2.24, 2.45) is 0 Å². The molecule has 2 aromatic carbocycles. The summed E-state index contributed by atoms with van der Waals surface area (Å²) in [5.74, 6) is -0.614. The number of benzene rings is 2. The zero-order valence-corrected chi connectivity index (χ0v) is 13.7. The Bertz CT molecular complexity index is 820. The Kier molecular flexibility index (Phi) is 5.67. The van der Waals surface area contributed by atoms with Crippen molar-refractivity contribution in [3.8, 4) is 5.75 Å². The number of hydrogen-bond donors (Lipinski definition) is 2. The molecule has 0 aromatic heterocycles. The quantitative estimate of drug-likeness (QED) is 0.619. The SMILES string of the molecule is CCNC(=O)c1cccc(NC(=O)c2cc(OC)ccc2[N+](=O)[O-])c1. The number of hydrogen-bond acceptors (Lipinski definition) is 5. The number of nitrogens with zero attached hydrogens (tertiary/aromatic N) is 1. The van der Waals surface area contributed by atoms with E-state index >= 15 is 0 Å². The van der Waals surface area contributed by atoms with E-state index in [0.29, 0.717) is 23.5 Å². The van der Waals surface area contributed by atoms with Crippen molar-refractivity contribution in [3.05, 3.63) is 63.7 Å². The molecule has 2 aromatic rings. The summed E-state index contributed by atoms with van der Waals surface area (Å²) in [7, 11) is 1.40. The molecule has 2 rings (SSSR count). The normalized spacial score (nSPS) is 10.0. The first-order valence-corrected chi connectivity index (χ1v) is 7.48. The van der Waals surface area contributed by atoms with E-state index in [1.807, 2.05) is 0 Å². The molecular formula is C17H17N3O5. The fourth-order valence-electron chi connectivity index (χ4n) is 2.18. The van der Waals surface area contributed by atoms with Crippen LogP contribution in [0.2, 0.25) is 0 Å². The monoisotopic (exact) mass is 343 g/mol. The number of carbonyl (C=O) groups excluding carboxylic acids is 2. The van der Waals surface area contributed by atoms with Gasteiger partial charge in [-0.05, 0) is 37.3 Å². The fourth-order valence-corrected chi connectivity index (χ4v) is 2.18. The van der Waals surface area contributed by atoms with Gasteiger partial charge in [0, 0.05) is 23.9 Å². The molecule has 0 aliphatic carbocycles. The summed E-state index contributed by atoms with van der Waals surface area (Å²) >= 11 is 0. The minimum Gasteiger partial charge on any atom is -0.497 e. The van der Waals surface area contributed by atoms with Gasteiger partial charge in [0.15, 0.2) is 0 Å². The topological polar surface area (TPSA) is 111 Å². The number of rotatable bonds is 6. The van der Waals surface area contributed by atoms with Crippen molar-refractivity contribution in [2.75, 3.05) is 19.0 Å². The van der Waals surface area contributed by atoms with Crippen LogP contribution >= 0.6 is 0 Å². The summed E-state index contributed by atoms with van der Waals surface area (Å²) in [4.78, 5) is 34.8. The highest BCUT2D eigenvalue weighted by molar-refractivity contribution is 6.08. The Morgan fingerprint density at radius 3 is 2.56 bits per heavy atom. The smallest absolute Gasteiger partial charge is 0.282 e. The van der Waals surface area contributed by atoms with Crippen LogP contribution in [0.5, 0.6) is 5.75 Å². The van der Waals surface area contributed by atoms with E-state index in [2.05, 4.69) is 10.6 Å². The third kappa shape index (κ3) is 4.31. The van der Waals surface area contributed by atoms with E-state index in [1.165, 1.54) is 31.4 Å². The molecule has 130 valence electrons. The van der Waals surface area contributed by atoms with Crippen LogP contribution < -0.4 is 15.4 Å². The number of amides is 2. The van der Waals surface area contributed by atoms with Crippen molar-refractivity contribution in [1.82, 2.24) is 5.32 Å². The van der Waals surface area contributed by atoms with Gasteiger partial charge in [0.1, 0.15) is 11.3 Å². The molecule has 0 aliphatic heterocycles. The number of carbonyl (C=O) groups is 2. The maximum absolute atomic E-state index is 12.4. The highest BCUT2D eigenvalue weighted by Crippen LogP contribution is 2.25. The van der Waals surface area contributed by atoms with E-state index in [0.717, 1.165) is 0 Å². The van der Waals surface area contributed by atoms with Crippen LogP contribution in [0.15, 0.2) is 42.5 Å². The summed E-state index contributed by atoms with van der Waals surface area (Å²) in [5, 5.41) is 16.3. The number of anilines is 1. The van der Waals surface area contributed by atoms with Gasteiger partial charge < -0.3 is 15.4 Å². The molecule has 0 saturated carbocycles. The number of ether oxygens (including phenoxy) is 1. The van der Waals surface area contributed by atoms with Gasteiger partial charge >= 0.3 is 0 Å². The Morgan fingerprint density at radius 2 is 1.92 bits per heavy atom. The second-order valence-electron chi connectivity index (χ2n) is 5.03. The maximum Gasteiger partial charge on any atom is 0.282 e. The molecule has 0 radical (unpaired) electrons. The summed E-state index contributed by atoms with van der Waals surface area (Å²) in [6, 6.07) is 10.2. The summed E-state index contributed by atoms with van der Waals surface area (Å²) in [6.07, 6.45) is 0. The molecule has 0 bridgehead atoms. The highest BCUT2D eigenvalue weighted by Gasteiger charge is 2.21. The predicted molar refractivity (Wildman–Crippen MR) is 92.1 cm³/mol. The summed E-state index contributed by atoms with van der Waals surface area (Å²) in [6.45, 7) is 2.27. The average molecular weight is 343 g/mol. The Labute approximate surface area is 144 Å². The Morgan fingerprint density at radius 1 is 1.16 bits per heavy atom. The van der Waals surface area contributed by atoms with Crippen molar-refractivity contribution in [3.63, 3.8) is 0 Å². The second kappa shape index (κ2) is 7.91. The lowest BCUT2D eigenvalue weighted by molar-refractivity contribution is -0.385. The molecule has 0 unspecified atom stereocenters. The first kappa shape index (κ1) is 17.9. The van der Waals surface area contributed by atoms with Gasteiger partial charge in [0.05, 0.1) is 12.0 Å². The number of nitrogens with one attached hydrogen (secondary N) is 2. The third-order valence-electron chi connectivity index (χ3n) is 3.37. The van der Waals surface area contributed by atoms with Crippen LogP contribution in [0.4, 0.5) is 11.4 Å². The molecule has 2 N–H and O–H groups in total. The van der Waals surface area contributed by atoms with Gasteiger partial charge in [-0.2, -0.15) is 0 Å². The first-order valence-electron chi connectivity index (χ1n) is 7.48. The average Bonchev–Trinajstić information content (AvgIpc) is 2.61. The van der Waals surface area contributed by atoms with Crippen LogP contribution in [-0.4, -0.2) is 30.4 Å². The van der Waals surface area contributed by atoms with Gasteiger partial charge in [-0.25, -0.2) is 0 Å². The van der Waals surface area contributed by atoms with Crippen LogP contribution in [0.1, 0.15) is 27.6 Å². The van der Waals surface area contributed by atoms with Crippen molar-refractivity contribution >= 4 is 23.2 Å². The van der Waals surface area contributed by atoms with Crippen LogP contribution in [-0.2, 0) is 0 Å². The number of nitro benzene ring substituents is 1. The van der Waals surface area contributed by atoms with Gasteiger partial charge in [-0.1, -0.05) is 6.07 Å². The van der Waals surface area contributed by atoms with Crippen LogP contribution in [0.25, 0.3) is 0 Å². The molecule has 0 atom stereocenters. The molecule has 0 spiro atoms. The van der Waals surface area contributed by atoms with E-state index < -0.39 is 10.8 Å². The summed E-state index contributed by atoms with van der Waals surface area (Å²) in [5.41, 5.74) is 0.261. The zero-order valence-electron chi connectivity index (χ0n) is 13.7. The molecule has 25 heavy (non-hydrogen) atoms. The summed E-state index contributed by atoms with van der Waals surface area (Å²) < 4.78 is 5.01. The van der Waals surface area contributed by atoms with E-state index in [9.17, 15) is 19.7 Å². The standard InChI is InChI=1S/C17H17N3O5/c1-3-18-16(21)11-5-4-6-12(9-11)19-17(22)14-10-13(25-2)7-8-15(14)20(23)24/h4-10H,3H2,1-2H3,(H,18,21)(H,19,22). The third-order valence-corrected chi connectivity index (χ3v) is 3.37. The molecule has 8 nitrogen and oxygen atoms in total. The molecule has 2 amide bonds. The maximum atomic E-state index is 12.4. The van der Waals surface area contributed by atoms with Crippen LogP contribution in [0.3, 0.4) is 0 Å². The molecule has 0 saturated heterocycles. The number of nitro groups is 1. The predicted octanol–water partition coefficient (Wildman–Crippen LogP) is 2.61. The second-order valence-corrected chi connectivity index (χ2v) is 5.03. The molecule has 0 aliphatic rings. The van der Waals surface area contributed by atoms with Gasteiger partial charge in [0.2, 0.25) is 0 Å².